The van der Waals surface area contributed by atoms with Crippen LogP contribution in [0.1, 0.15) is 25.0 Å². The predicted molar refractivity (Wildman–Crippen MR) is 80.1 cm³/mol. The Bertz CT molecular complexity index is 619. The first-order valence-corrected chi connectivity index (χ1v) is 7.77. The predicted octanol–water partition coefficient (Wildman–Crippen LogP) is 0.506. The van der Waals surface area contributed by atoms with Crippen LogP contribution < -0.4 is 0 Å². The van der Waals surface area contributed by atoms with E-state index in [9.17, 15) is 19.5 Å². The van der Waals surface area contributed by atoms with Crippen molar-refractivity contribution in [3.05, 3.63) is 30.1 Å². The summed E-state index contributed by atoms with van der Waals surface area (Å²) in [6.45, 7) is 1.17. The molecular weight excluding hydrogens is 298 g/mol. The Labute approximate surface area is 133 Å². The number of pyridine rings is 1. The van der Waals surface area contributed by atoms with Gasteiger partial charge in [0, 0.05) is 25.7 Å². The van der Waals surface area contributed by atoms with Crippen LogP contribution in [0.5, 0.6) is 0 Å². The molecule has 122 valence electrons. The second-order valence-electron chi connectivity index (χ2n) is 6.02. The minimum atomic E-state index is -0.967. The maximum atomic E-state index is 12.6. The van der Waals surface area contributed by atoms with Crippen LogP contribution in [0.25, 0.3) is 0 Å². The number of carbonyl (C=O) groups excluding carboxylic acids is 2. The Morgan fingerprint density at radius 3 is 2.87 bits per heavy atom. The number of carboxylic acids is 1. The topological polar surface area (TPSA) is 90.8 Å². The molecule has 2 saturated heterocycles. The summed E-state index contributed by atoms with van der Waals surface area (Å²) in [6.07, 6.45) is 3.00. The van der Waals surface area contributed by atoms with Crippen LogP contribution in [0.2, 0.25) is 0 Å². The van der Waals surface area contributed by atoms with Gasteiger partial charge in [0.2, 0.25) is 11.8 Å². The molecule has 2 amide bonds. The second kappa shape index (κ2) is 6.36. The van der Waals surface area contributed by atoms with E-state index in [1.807, 2.05) is 12.1 Å². The quantitative estimate of drug-likeness (QED) is 0.873. The van der Waals surface area contributed by atoms with Gasteiger partial charge in [-0.2, -0.15) is 0 Å². The molecule has 7 nitrogen and oxygen atoms in total. The zero-order valence-electron chi connectivity index (χ0n) is 12.7. The zero-order chi connectivity index (χ0) is 16.4. The molecule has 1 aromatic heterocycles. The molecule has 0 radical (unpaired) electrons. The third-order valence-electron chi connectivity index (χ3n) is 4.46. The van der Waals surface area contributed by atoms with Gasteiger partial charge in [-0.05, 0) is 25.0 Å². The van der Waals surface area contributed by atoms with Gasteiger partial charge < -0.3 is 14.9 Å². The van der Waals surface area contributed by atoms with E-state index in [0.717, 1.165) is 5.69 Å². The number of hydrogen-bond donors (Lipinski definition) is 1. The van der Waals surface area contributed by atoms with E-state index in [1.165, 1.54) is 4.90 Å². The largest absolute Gasteiger partial charge is 0.480 e. The van der Waals surface area contributed by atoms with Crippen molar-refractivity contribution in [2.45, 2.75) is 31.8 Å². The third kappa shape index (κ3) is 3.18. The minimum absolute atomic E-state index is 0.0833. The van der Waals surface area contributed by atoms with Gasteiger partial charge in [-0.15, -0.1) is 0 Å². The highest BCUT2D eigenvalue weighted by Crippen LogP contribution is 2.26. The monoisotopic (exact) mass is 317 g/mol. The van der Waals surface area contributed by atoms with Crippen molar-refractivity contribution in [1.29, 1.82) is 0 Å². The van der Waals surface area contributed by atoms with Gasteiger partial charge in [0.05, 0.1) is 18.2 Å². The van der Waals surface area contributed by atoms with E-state index < -0.39 is 17.9 Å². The van der Waals surface area contributed by atoms with Gasteiger partial charge in [-0.25, -0.2) is 4.79 Å². The molecule has 0 aromatic carbocycles. The van der Waals surface area contributed by atoms with Crippen LogP contribution in [0.4, 0.5) is 0 Å². The summed E-state index contributed by atoms with van der Waals surface area (Å²) in [7, 11) is 0. The molecule has 2 atom stereocenters. The molecule has 1 aromatic rings. The van der Waals surface area contributed by atoms with Crippen molar-refractivity contribution < 1.29 is 19.5 Å². The summed E-state index contributed by atoms with van der Waals surface area (Å²) in [5.41, 5.74) is 0.776. The summed E-state index contributed by atoms with van der Waals surface area (Å²) >= 11 is 0. The van der Waals surface area contributed by atoms with Crippen LogP contribution in [-0.4, -0.2) is 56.8 Å². The molecule has 0 saturated carbocycles. The molecule has 23 heavy (non-hydrogen) atoms. The van der Waals surface area contributed by atoms with Crippen molar-refractivity contribution in [2.75, 3.05) is 13.1 Å². The van der Waals surface area contributed by atoms with Gasteiger partial charge in [0.15, 0.2) is 0 Å². The number of aliphatic carboxylic acids is 1. The number of likely N-dealkylation sites (tertiary alicyclic amines) is 2. The summed E-state index contributed by atoms with van der Waals surface area (Å²) in [5, 5.41) is 9.19. The lowest BCUT2D eigenvalue weighted by atomic mass is 10.1. The Morgan fingerprint density at radius 1 is 1.35 bits per heavy atom. The average Bonchev–Trinajstić information content (AvgIpc) is 3.15. The Morgan fingerprint density at radius 2 is 2.17 bits per heavy atom. The number of rotatable bonds is 4. The van der Waals surface area contributed by atoms with Gasteiger partial charge in [-0.3, -0.25) is 14.6 Å². The van der Waals surface area contributed by atoms with E-state index in [0.29, 0.717) is 32.5 Å². The molecule has 3 heterocycles. The highest BCUT2D eigenvalue weighted by atomic mass is 16.4. The molecular formula is C16H19N3O4. The summed E-state index contributed by atoms with van der Waals surface area (Å²) < 4.78 is 0. The number of amides is 2. The van der Waals surface area contributed by atoms with Gasteiger partial charge in [0.1, 0.15) is 6.04 Å². The number of aromatic nitrogens is 1. The van der Waals surface area contributed by atoms with E-state index in [-0.39, 0.29) is 18.2 Å². The smallest absolute Gasteiger partial charge is 0.326 e. The fourth-order valence-corrected chi connectivity index (χ4v) is 3.30. The van der Waals surface area contributed by atoms with Crippen molar-refractivity contribution >= 4 is 17.8 Å². The molecule has 0 bridgehead atoms. The van der Waals surface area contributed by atoms with E-state index in [4.69, 9.17) is 0 Å². The Balaban J connectivity index is 1.65. The lowest BCUT2D eigenvalue weighted by Crippen LogP contribution is -2.44. The van der Waals surface area contributed by atoms with E-state index in [1.54, 1.807) is 17.2 Å². The zero-order valence-corrected chi connectivity index (χ0v) is 12.7. The molecule has 7 heteroatoms. The number of nitrogens with zero attached hydrogens (tertiary/aromatic N) is 3. The molecule has 2 aliphatic heterocycles. The molecule has 2 aliphatic rings. The normalized spacial score (nSPS) is 24.3. The fraction of sp³-hybridized carbons (Fsp3) is 0.500. The summed E-state index contributed by atoms with van der Waals surface area (Å²) in [4.78, 5) is 43.2. The second-order valence-corrected chi connectivity index (χ2v) is 6.02. The van der Waals surface area contributed by atoms with Gasteiger partial charge in [-0.1, -0.05) is 6.07 Å². The maximum Gasteiger partial charge on any atom is 0.326 e. The van der Waals surface area contributed by atoms with Crippen LogP contribution in [0.3, 0.4) is 0 Å². The van der Waals surface area contributed by atoms with E-state index in [2.05, 4.69) is 4.98 Å². The van der Waals surface area contributed by atoms with Crippen LogP contribution >= 0.6 is 0 Å². The minimum Gasteiger partial charge on any atom is -0.480 e. The van der Waals surface area contributed by atoms with Crippen molar-refractivity contribution in [3.8, 4) is 0 Å². The average molecular weight is 317 g/mol. The summed E-state index contributed by atoms with van der Waals surface area (Å²) in [6, 6.07) is 4.75. The lowest BCUT2D eigenvalue weighted by Gasteiger charge is -2.24. The van der Waals surface area contributed by atoms with Crippen LogP contribution in [-0.2, 0) is 20.9 Å². The van der Waals surface area contributed by atoms with Crippen molar-refractivity contribution in [1.82, 2.24) is 14.8 Å². The fourth-order valence-electron chi connectivity index (χ4n) is 3.30. The molecule has 0 unspecified atom stereocenters. The highest BCUT2D eigenvalue weighted by molar-refractivity contribution is 5.91. The van der Waals surface area contributed by atoms with Gasteiger partial charge in [0.25, 0.3) is 0 Å². The Hall–Kier alpha value is -2.44. The van der Waals surface area contributed by atoms with Crippen molar-refractivity contribution in [2.24, 2.45) is 5.92 Å². The standard InChI is InChI=1S/C16H19N3O4/c20-14-8-11(9-18(14)10-12-4-1-2-6-17-12)15(21)19-7-3-5-13(19)16(22)23/h1-2,4,6,11,13H,3,5,7-10H2,(H,22,23)/t11-,13+/m1/s1. The number of hydrogen-bond acceptors (Lipinski definition) is 4. The molecule has 0 aliphatic carbocycles. The SMILES string of the molecule is O=C(O)[C@@H]1CCCN1C(=O)[C@@H]1CC(=O)N(Cc2ccccn2)C1. The first kappa shape index (κ1) is 15.5. The summed E-state index contributed by atoms with van der Waals surface area (Å²) in [5.74, 6) is -1.72. The molecule has 1 N–H and O–H groups in total. The third-order valence-corrected chi connectivity index (χ3v) is 4.46. The molecule has 2 fully saturated rings. The first-order chi connectivity index (χ1) is 11.1. The number of carboxylic acid groups (broad SMARTS) is 1. The van der Waals surface area contributed by atoms with Crippen molar-refractivity contribution in [3.63, 3.8) is 0 Å². The first-order valence-electron chi connectivity index (χ1n) is 7.77. The van der Waals surface area contributed by atoms with E-state index >= 15 is 0 Å². The lowest BCUT2D eigenvalue weighted by molar-refractivity contribution is -0.149. The number of carbonyl (C=O) groups is 3. The highest BCUT2D eigenvalue weighted by Gasteiger charge is 2.41. The van der Waals surface area contributed by atoms with Crippen LogP contribution in [0, 0.1) is 5.92 Å². The molecule has 3 rings (SSSR count). The Kier molecular flexibility index (Phi) is 4.27. The van der Waals surface area contributed by atoms with Gasteiger partial charge >= 0.3 is 5.97 Å². The van der Waals surface area contributed by atoms with Crippen LogP contribution in [0.15, 0.2) is 24.4 Å². The maximum absolute atomic E-state index is 12.6. The molecule has 0 spiro atoms.